The summed E-state index contributed by atoms with van der Waals surface area (Å²) < 4.78 is 5.83. The molecule has 0 bridgehead atoms. The molecular formula is C16H27NO3. The smallest absolute Gasteiger partial charge is 0.320 e. The number of hydrogen-bond donors (Lipinski definition) is 1. The monoisotopic (exact) mass is 281 g/mol. The Kier molecular flexibility index (Phi) is 4.04. The van der Waals surface area contributed by atoms with Gasteiger partial charge in [-0.1, -0.05) is 12.8 Å². The molecule has 4 heteroatoms. The number of carbonyl (C=O) groups is 1. The summed E-state index contributed by atoms with van der Waals surface area (Å²) in [5.74, 6) is -0.00972. The maximum atomic E-state index is 11.7. The maximum Gasteiger partial charge on any atom is 0.320 e. The van der Waals surface area contributed by atoms with E-state index in [0.717, 1.165) is 19.3 Å². The summed E-state index contributed by atoms with van der Waals surface area (Å²) in [6.07, 6.45) is 8.28. The highest BCUT2D eigenvalue weighted by Crippen LogP contribution is 2.43. The summed E-state index contributed by atoms with van der Waals surface area (Å²) in [6, 6.07) is 0.640. The van der Waals surface area contributed by atoms with Gasteiger partial charge in [0.25, 0.3) is 0 Å². The Morgan fingerprint density at radius 1 is 1.10 bits per heavy atom. The van der Waals surface area contributed by atoms with Crippen LogP contribution in [0.4, 0.5) is 0 Å². The third-order valence-electron chi connectivity index (χ3n) is 5.52. The number of hydrogen-bond acceptors (Lipinski definition) is 3. The second kappa shape index (κ2) is 5.64. The Morgan fingerprint density at radius 2 is 1.75 bits per heavy atom. The van der Waals surface area contributed by atoms with Gasteiger partial charge in [-0.2, -0.15) is 0 Å². The van der Waals surface area contributed by atoms with E-state index >= 15 is 0 Å². The minimum atomic E-state index is -0.619. The van der Waals surface area contributed by atoms with Gasteiger partial charge in [-0.3, -0.25) is 9.69 Å². The van der Waals surface area contributed by atoms with Crippen molar-refractivity contribution in [2.45, 2.75) is 89.1 Å². The topological polar surface area (TPSA) is 49.8 Å². The normalized spacial score (nSPS) is 46.1. The molecule has 0 aromatic heterocycles. The van der Waals surface area contributed by atoms with Crippen molar-refractivity contribution in [1.29, 1.82) is 0 Å². The van der Waals surface area contributed by atoms with Crippen LogP contribution >= 0.6 is 0 Å². The number of likely N-dealkylation sites (tertiary alicyclic amines) is 1. The van der Waals surface area contributed by atoms with E-state index in [-0.39, 0.29) is 18.2 Å². The first-order valence-corrected chi connectivity index (χ1v) is 8.22. The van der Waals surface area contributed by atoms with Gasteiger partial charge in [0, 0.05) is 12.1 Å². The summed E-state index contributed by atoms with van der Waals surface area (Å²) in [5.41, 5.74) is 0. The van der Waals surface area contributed by atoms with Crippen molar-refractivity contribution in [2.75, 3.05) is 0 Å². The van der Waals surface area contributed by atoms with Gasteiger partial charge in [-0.25, -0.2) is 0 Å². The molecule has 114 valence electrons. The second-order valence-corrected chi connectivity index (χ2v) is 7.03. The zero-order chi connectivity index (χ0) is 14.3. The van der Waals surface area contributed by atoms with Crippen LogP contribution in [0.1, 0.15) is 58.8 Å². The quantitative estimate of drug-likeness (QED) is 0.845. The van der Waals surface area contributed by atoms with Crippen molar-refractivity contribution in [2.24, 2.45) is 5.92 Å². The zero-order valence-electron chi connectivity index (χ0n) is 12.6. The first kappa shape index (κ1) is 14.3. The Labute approximate surface area is 121 Å². The molecule has 2 aliphatic heterocycles. The van der Waals surface area contributed by atoms with E-state index in [2.05, 4.69) is 18.7 Å². The van der Waals surface area contributed by atoms with Crippen LogP contribution in [0, 0.1) is 5.92 Å². The van der Waals surface area contributed by atoms with E-state index in [1.807, 2.05) is 0 Å². The fourth-order valence-corrected chi connectivity index (χ4v) is 4.86. The van der Waals surface area contributed by atoms with Crippen LogP contribution in [-0.2, 0) is 9.53 Å². The Hall–Kier alpha value is -0.610. The lowest BCUT2D eigenvalue weighted by molar-refractivity contribution is -0.146. The number of nitrogens with zero attached hydrogens (tertiary/aromatic N) is 1. The van der Waals surface area contributed by atoms with Crippen molar-refractivity contribution in [3.05, 3.63) is 0 Å². The Morgan fingerprint density at radius 3 is 2.40 bits per heavy atom. The molecule has 3 fully saturated rings. The predicted molar refractivity (Wildman–Crippen MR) is 76.7 cm³/mol. The summed E-state index contributed by atoms with van der Waals surface area (Å²) in [4.78, 5) is 14.1. The van der Waals surface area contributed by atoms with Crippen molar-refractivity contribution >= 4 is 5.97 Å². The molecule has 3 aliphatic rings. The number of rotatable bonds is 2. The first-order valence-electron chi connectivity index (χ1n) is 8.22. The Balaban J connectivity index is 1.81. The van der Waals surface area contributed by atoms with Gasteiger partial charge < -0.3 is 9.84 Å². The van der Waals surface area contributed by atoms with Crippen LogP contribution in [0.5, 0.6) is 0 Å². The summed E-state index contributed by atoms with van der Waals surface area (Å²) in [7, 11) is 0. The molecular weight excluding hydrogens is 254 g/mol. The molecule has 0 aromatic carbocycles. The summed E-state index contributed by atoms with van der Waals surface area (Å²) >= 11 is 0. The van der Waals surface area contributed by atoms with Crippen LogP contribution in [0.2, 0.25) is 0 Å². The van der Waals surface area contributed by atoms with Crippen molar-refractivity contribution < 1.29 is 14.6 Å². The first-order chi connectivity index (χ1) is 9.56. The molecule has 5 atom stereocenters. The number of ether oxygens (including phenoxy) is 1. The van der Waals surface area contributed by atoms with Crippen molar-refractivity contribution in [3.63, 3.8) is 0 Å². The maximum absolute atomic E-state index is 11.7. The summed E-state index contributed by atoms with van der Waals surface area (Å²) in [5, 5.41) is 9.62. The third-order valence-corrected chi connectivity index (χ3v) is 5.52. The lowest BCUT2D eigenvalue weighted by Gasteiger charge is -2.43. The second-order valence-electron chi connectivity index (χ2n) is 7.03. The molecule has 2 heterocycles. The Bertz CT molecular complexity index is 363. The highest BCUT2D eigenvalue weighted by atomic mass is 16.5. The van der Waals surface area contributed by atoms with Crippen LogP contribution < -0.4 is 0 Å². The van der Waals surface area contributed by atoms with Crippen molar-refractivity contribution in [3.8, 4) is 0 Å². The lowest BCUT2D eigenvalue weighted by Crippen LogP contribution is -2.52. The fraction of sp³-hybridized carbons (Fsp3) is 0.938. The molecule has 5 unspecified atom stereocenters. The van der Waals surface area contributed by atoms with E-state index in [4.69, 9.17) is 4.74 Å². The minimum absolute atomic E-state index is 0.251. The van der Waals surface area contributed by atoms with Gasteiger partial charge in [0.15, 0.2) is 0 Å². The van der Waals surface area contributed by atoms with E-state index in [1.165, 1.54) is 25.7 Å². The van der Waals surface area contributed by atoms with Gasteiger partial charge in [0.05, 0.1) is 12.2 Å². The van der Waals surface area contributed by atoms with Crippen LogP contribution in [0.25, 0.3) is 0 Å². The molecule has 4 nitrogen and oxygen atoms in total. The average molecular weight is 281 g/mol. The molecule has 1 N–H and O–H groups in total. The predicted octanol–water partition coefficient (Wildman–Crippen LogP) is 2.66. The molecule has 3 rings (SSSR count). The molecule has 1 aliphatic carbocycles. The lowest BCUT2D eigenvalue weighted by atomic mass is 9.84. The number of fused-ring (bicyclic) bond motifs is 1. The van der Waals surface area contributed by atoms with Gasteiger partial charge in [-0.15, -0.1) is 0 Å². The largest absolute Gasteiger partial charge is 0.480 e. The number of carboxylic acid groups (broad SMARTS) is 1. The summed E-state index contributed by atoms with van der Waals surface area (Å²) in [6.45, 7) is 4.24. The van der Waals surface area contributed by atoms with Gasteiger partial charge in [0.1, 0.15) is 6.04 Å². The molecule has 0 radical (unpaired) electrons. The van der Waals surface area contributed by atoms with Crippen LogP contribution in [0.15, 0.2) is 0 Å². The van der Waals surface area contributed by atoms with Gasteiger partial charge >= 0.3 is 5.97 Å². The van der Waals surface area contributed by atoms with E-state index < -0.39 is 5.97 Å². The highest BCUT2D eigenvalue weighted by molar-refractivity contribution is 5.74. The van der Waals surface area contributed by atoms with Crippen molar-refractivity contribution in [1.82, 2.24) is 4.90 Å². The molecule has 1 saturated carbocycles. The zero-order valence-corrected chi connectivity index (χ0v) is 12.6. The third kappa shape index (κ3) is 2.60. The number of carboxylic acids is 1. The van der Waals surface area contributed by atoms with E-state index in [1.54, 1.807) is 0 Å². The standard InChI is InChI=1S/C16H27NO3/c1-10-7-13(8-11(2)20-10)17-14-6-4-3-5-12(14)9-15(17)16(18)19/h10-15H,3-9H2,1-2H3,(H,18,19). The van der Waals surface area contributed by atoms with E-state index in [0.29, 0.717) is 18.0 Å². The van der Waals surface area contributed by atoms with Crippen LogP contribution in [-0.4, -0.2) is 46.3 Å². The van der Waals surface area contributed by atoms with Gasteiger partial charge in [-0.05, 0) is 51.9 Å². The molecule has 0 amide bonds. The molecule has 0 spiro atoms. The van der Waals surface area contributed by atoms with E-state index in [9.17, 15) is 9.90 Å². The average Bonchev–Trinajstić information content (AvgIpc) is 2.77. The molecule has 2 saturated heterocycles. The number of aliphatic carboxylic acids is 1. The van der Waals surface area contributed by atoms with Gasteiger partial charge in [0.2, 0.25) is 0 Å². The molecule has 0 aromatic rings. The highest BCUT2D eigenvalue weighted by Gasteiger charge is 2.48. The van der Waals surface area contributed by atoms with Crippen LogP contribution in [0.3, 0.4) is 0 Å². The molecule has 20 heavy (non-hydrogen) atoms. The minimum Gasteiger partial charge on any atom is -0.480 e. The fourth-order valence-electron chi connectivity index (χ4n) is 4.86. The SMILES string of the molecule is CC1CC(N2C(C(=O)O)CC3CCCCC32)CC(C)O1.